The molecule has 1 N–H and O–H groups in total. The van der Waals surface area contributed by atoms with Gasteiger partial charge in [0.15, 0.2) is 5.76 Å². The van der Waals surface area contributed by atoms with E-state index in [1.807, 2.05) is 18.2 Å². The van der Waals surface area contributed by atoms with Gasteiger partial charge in [0.2, 0.25) is 0 Å². The fourth-order valence-electron chi connectivity index (χ4n) is 3.11. The first-order valence-corrected chi connectivity index (χ1v) is 9.30. The predicted octanol–water partition coefficient (Wildman–Crippen LogP) is 1.51. The second-order valence-corrected chi connectivity index (χ2v) is 7.15. The second kappa shape index (κ2) is 8.96. The van der Waals surface area contributed by atoms with Crippen molar-refractivity contribution in [3.8, 4) is 11.3 Å². The first-order valence-electron chi connectivity index (χ1n) is 9.30. The van der Waals surface area contributed by atoms with E-state index >= 15 is 0 Å². The van der Waals surface area contributed by atoms with Gasteiger partial charge in [-0.05, 0) is 26.1 Å². The number of nitrogens with one attached hydrogen (secondary N) is 1. The van der Waals surface area contributed by atoms with Crippen molar-refractivity contribution in [2.45, 2.75) is 19.5 Å². The highest BCUT2D eigenvalue weighted by Gasteiger charge is 2.20. The highest BCUT2D eigenvalue weighted by Crippen LogP contribution is 2.18. The number of carbonyl (C=O) groups is 1. The minimum Gasteiger partial charge on any atom is -0.359 e. The van der Waals surface area contributed by atoms with E-state index in [0.717, 1.165) is 37.4 Å². The van der Waals surface area contributed by atoms with E-state index in [2.05, 4.69) is 39.2 Å². The lowest BCUT2D eigenvalue weighted by Gasteiger charge is -2.36. The molecule has 0 bridgehead atoms. The molecule has 2 aromatic rings. The standard InChI is InChI=1S/C19H28N6O2/c1-15(25-9-7-23(2)8-10-25)12-21-19(26)24(3)14-17-11-18(22-27-17)16-5-4-6-20-13-16/h4-6,11,13,15H,7-10,12,14H2,1-3H3,(H,21,26). The molecule has 2 amide bonds. The predicted molar refractivity (Wildman–Crippen MR) is 103 cm³/mol. The maximum atomic E-state index is 12.4. The van der Waals surface area contributed by atoms with E-state index in [-0.39, 0.29) is 6.03 Å². The molecule has 2 aromatic heterocycles. The summed E-state index contributed by atoms with van der Waals surface area (Å²) in [6.45, 7) is 7.37. The first-order chi connectivity index (χ1) is 13.0. The molecular weight excluding hydrogens is 344 g/mol. The molecule has 0 aromatic carbocycles. The summed E-state index contributed by atoms with van der Waals surface area (Å²) in [4.78, 5) is 22.8. The van der Waals surface area contributed by atoms with Crippen LogP contribution in [0.1, 0.15) is 12.7 Å². The third kappa shape index (κ3) is 5.27. The average Bonchev–Trinajstić information content (AvgIpc) is 3.15. The van der Waals surface area contributed by atoms with Gasteiger partial charge in [-0.15, -0.1) is 0 Å². The molecule has 1 aliphatic heterocycles. The number of likely N-dealkylation sites (N-methyl/N-ethyl adjacent to an activating group) is 1. The highest BCUT2D eigenvalue weighted by molar-refractivity contribution is 5.73. The Labute approximate surface area is 160 Å². The Hall–Kier alpha value is -2.45. The Morgan fingerprint density at radius 1 is 1.37 bits per heavy atom. The summed E-state index contributed by atoms with van der Waals surface area (Å²) in [7, 11) is 3.89. The number of urea groups is 1. The molecule has 1 fully saturated rings. The zero-order chi connectivity index (χ0) is 19.2. The first kappa shape index (κ1) is 19.3. The van der Waals surface area contributed by atoms with Crippen LogP contribution < -0.4 is 5.32 Å². The van der Waals surface area contributed by atoms with Crippen LogP contribution in [0, 0.1) is 0 Å². The molecule has 146 valence electrons. The van der Waals surface area contributed by atoms with Crippen LogP contribution in [-0.4, -0.2) is 83.7 Å². The summed E-state index contributed by atoms with van der Waals surface area (Å²) in [5.74, 6) is 0.638. The topological polar surface area (TPSA) is 77.7 Å². The fraction of sp³-hybridized carbons (Fsp3) is 0.526. The number of piperazine rings is 1. The van der Waals surface area contributed by atoms with Crippen LogP contribution >= 0.6 is 0 Å². The molecule has 3 rings (SSSR count). The van der Waals surface area contributed by atoms with E-state index in [1.54, 1.807) is 24.3 Å². The van der Waals surface area contributed by atoms with Gasteiger partial charge < -0.3 is 19.6 Å². The van der Waals surface area contributed by atoms with Crippen molar-refractivity contribution in [1.82, 2.24) is 30.2 Å². The SMILES string of the molecule is CC(CNC(=O)N(C)Cc1cc(-c2cccnc2)no1)N1CCN(C)CC1. The molecule has 8 heteroatoms. The molecule has 8 nitrogen and oxygen atoms in total. The van der Waals surface area contributed by atoms with E-state index < -0.39 is 0 Å². The number of rotatable bonds is 6. The van der Waals surface area contributed by atoms with Crippen molar-refractivity contribution in [3.63, 3.8) is 0 Å². The number of aromatic nitrogens is 2. The van der Waals surface area contributed by atoms with Crippen LogP contribution in [0.15, 0.2) is 35.1 Å². The highest BCUT2D eigenvalue weighted by atomic mass is 16.5. The van der Waals surface area contributed by atoms with Crippen molar-refractivity contribution < 1.29 is 9.32 Å². The molecule has 0 aliphatic carbocycles. The Kier molecular flexibility index (Phi) is 6.41. The summed E-state index contributed by atoms with van der Waals surface area (Å²) in [6, 6.07) is 5.82. The Morgan fingerprint density at radius 3 is 2.85 bits per heavy atom. The lowest BCUT2D eigenvalue weighted by molar-refractivity contribution is 0.117. The summed E-state index contributed by atoms with van der Waals surface area (Å²) < 4.78 is 5.36. The molecule has 27 heavy (non-hydrogen) atoms. The number of hydrogen-bond donors (Lipinski definition) is 1. The lowest BCUT2D eigenvalue weighted by Crippen LogP contribution is -2.52. The van der Waals surface area contributed by atoms with Crippen LogP contribution in [0.2, 0.25) is 0 Å². The van der Waals surface area contributed by atoms with Crippen molar-refractivity contribution in [2.24, 2.45) is 0 Å². The molecule has 0 radical (unpaired) electrons. The van der Waals surface area contributed by atoms with Crippen molar-refractivity contribution >= 4 is 6.03 Å². The van der Waals surface area contributed by atoms with Crippen LogP contribution in [0.5, 0.6) is 0 Å². The number of pyridine rings is 1. The minimum absolute atomic E-state index is 0.115. The smallest absolute Gasteiger partial charge is 0.317 e. The Bertz CT molecular complexity index is 727. The molecule has 0 saturated carbocycles. The summed E-state index contributed by atoms with van der Waals surface area (Å²) in [6.07, 6.45) is 3.45. The van der Waals surface area contributed by atoms with Gasteiger partial charge in [-0.1, -0.05) is 5.16 Å². The maximum absolute atomic E-state index is 12.4. The normalized spacial score (nSPS) is 16.9. The van der Waals surface area contributed by atoms with Gasteiger partial charge in [0.25, 0.3) is 0 Å². The van der Waals surface area contributed by atoms with Gasteiger partial charge >= 0.3 is 6.03 Å². The van der Waals surface area contributed by atoms with E-state index in [9.17, 15) is 4.79 Å². The van der Waals surface area contributed by atoms with Crippen LogP contribution in [-0.2, 0) is 6.54 Å². The third-order valence-electron chi connectivity index (χ3n) is 4.97. The molecule has 3 heterocycles. The summed E-state index contributed by atoms with van der Waals surface area (Å²) in [5, 5.41) is 7.07. The van der Waals surface area contributed by atoms with E-state index in [1.165, 1.54) is 0 Å². The second-order valence-electron chi connectivity index (χ2n) is 7.15. The minimum atomic E-state index is -0.115. The van der Waals surface area contributed by atoms with Gasteiger partial charge in [0.1, 0.15) is 5.69 Å². The molecule has 1 saturated heterocycles. The maximum Gasteiger partial charge on any atom is 0.317 e. The third-order valence-corrected chi connectivity index (χ3v) is 4.97. The van der Waals surface area contributed by atoms with Crippen LogP contribution in [0.4, 0.5) is 4.79 Å². The van der Waals surface area contributed by atoms with Gasteiger partial charge in [0.05, 0.1) is 6.54 Å². The Balaban J connectivity index is 1.46. The summed E-state index contributed by atoms with van der Waals surface area (Å²) in [5.41, 5.74) is 1.61. The summed E-state index contributed by atoms with van der Waals surface area (Å²) >= 11 is 0. The van der Waals surface area contributed by atoms with Crippen molar-refractivity contribution in [3.05, 3.63) is 36.4 Å². The molecule has 0 spiro atoms. The number of carbonyl (C=O) groups excluding carboxylic acids is 1. The zero-order valence-corrected chi connectivity index (χ0v) is 16.3. The lowest BCUT2D eigenvalue weighted by atomic mass is 10.2. The van der Waals surface area contributed by atoms with E-state index in [0.29, 0.717) is 24.9 Å². The van der Waals surface area contributed by atoms with Gasteiger partial charge in [-0.2, -0.15) is 0 Å². The molecule has 1 aliphatic rings. The number of nitrogens with zero attached hydrogens (tertiary/aromatic N) is 5. The quantitative estimate of drug-likeness (QED) is 0.828. The molecule has 1 atom stereocenters. The van der Waals surface area contributed by atoms with Gasteiger partial charge in [-0.25, -0.2) is 4.79 Å². The number of amides is 2. The fourth-order valence-corrected chi connectivity index (χ4v) is 3.11. The van der Waals surface area contributed by atoms with Crippen molar-refractivity contribution in [1.29, 1.82) is 0 Å². The average molecular weight is 372 g/mol. The molecular formula is C19H28N6O2. The van der Waals surface area contributed by atoms with Gasteiger partial charge in [0, 0.05) is 69.8 Å². The zero-order valence-electron chi connectivity index (χ0n) is 16.3. The largest absolute Gasteiger partial charge is 0.359 e. The monoisotopic (exact) mass is 372 g/mol. The van der Waals surface area contributed by atoms with Crippen LogP contribution in [0.25, 0.3) is 11.3 Å². The van der Waals surface area contributed by atoms with E-state index in [4.69, 9.17) is 4.52 Å². The van der Waals surface area contributed by atoms with Crippen molar-refractivity contribution in [2.75, 3.05) is 46.8 Å². The Morgan fingerprint density at radius 2 is 2.15 bits per heavy atom. The number of hydrogen-bond acceptors (Lipinski definition) is 6. The van der Waals surface area contributed by atoms with Gasteiger partial charge in [-0.3, -0.25) is 9.88 Å². The van der Waals surface area contributed by atoms with Crippen LogP contribution in [0.3, 0.4) is 0 Å². The molecule has 1 unspecified atom stereocenters.